The number of hydrogen-bond acceptors (Lipinski definition) is 3. The number of anilines is 1. The van der Waals surface area contributed by atoms with Crippen molar-refractivity contribution in [2.24, 2.45) is 7.05 Å². The maximum atomic E-state index is 5.65. The summed E-state index contributed by atoms with van der Waals surface area (Å²) in [6.07, 6.45) is 3.67. The molecule has 0 fully saturated rings. The maximum absolute atomic E-state index is 5.65. The SMILES string of the molecule is Cn1cc(-c2ccc(N)cn2)c(C(C)(C)C)n1. The molecule has 0 atom stereocenters. The van der Waals surface area contributed by atoms with Gasteiger partial charge in [0.25, 0.3) is 0 Å². The van der Waals surface area contributed by atoms with E-state index < -0.39 is 0 Å². The predicted octanol–water partition coefficient (Wildman–Crippen LogP) is 2.36. The van der Waals surface area contributed by atoms with Crippen molar-refractivity contribution in [3.8, 4) is 11.3 Å². The summed E-state index contributed by atoms with van der Waals surface area (Å²) in [6, 6.07) is 3.80. The summed E-state index contributed by atoms with van der Waals surface area (Å²) < 4.78 is 1.83. The Morgan fingerprint density at radius 3 is 2.47 bits per heavy atom. The topological polar surface area (TPSA) is 56.7 Å². The molecule has 0 radical (unpaired) electrons. The molecule has 2 aromatic heterocycles. The van der Waals surface area contributed by atoms with Crippen LogP contribution < -0.4 is 5.73 Å². The molecule has 4 nitrogen and oxygen atoms in total. The van der Waals surface area contributed by atoms with Crippen LogP contribution in [0.2, 0.25) is 0 Å². The Morgan fingerprint density at radius 2 is 1.94 bits per heavy atom. The quantitative estimate of drug-likeness (QED) is 0.818. The summed E-state index contributed by atoms with van der Waals surface area (Å²) in [5.41, 5.74) is 9.36. The van der Waals surface area contributed by atoms with E-state index in [0.29, 0.717) is 5.69 Å². The Hall–Kier alpha value is -1.84. The van der Waals surface area contributed by atoms with E-state index in [4.69, 9.17) is 5.73 Å². The van der Waals surface area contributed by atoms with Gasteiger partial charge in [0.2, 0.25) is 0 Å². The highest BCUT2D eigenvalue weighted by Crippen LogP contribution is 2.30. The summed E-state index contributed by atoms with van der Waals surface area (Å²) in [6.45, 7) is 6.45. The van der Waals surface area contributed by atoms with E-state index in [1.54, 1.807) is 6.20 Å². The molecule has 0 aliphatic rings. The Balaban J connectivity index is 2.55. The first-order chi connectivity index (χ1) is 7.88. The van der Waals surface area contributed by atoms with Crippen LogP contribution in [-0.2, 0) is 12.5 Å². The summed E-state index contributed by atoms with van der Waals surface area (Å²) in [4.78, 5) is 4.36. The average Bonchev–Trinajstić information content (AvgIpc) is 2.61. The third kappa shape index (κ3) is 2.30. The van der Waals surface area contributed by atoms with Gasteiger partial charge in [-0.1, -0.05) is 20.8 Å². The van der Waals surface area contributed by atoms with Crippen molar-refractivity contribution in [2.45, 2.75) is 26.2 Å². The summed E-state index contributed by atoms with van der Waals surface area (Å²) in [7, 11) is 1.93. The van der Waals surface area contributed by atoms with Gasteiger partial charge >= 0.3 is 0 Å². The molecule has 90 valence electrons. The van der Waals surface area contributed by atoms with E-state index in [2.05, 4.69) is 30.9 Å². The molecular weight excluding hydrogens is 212 g/mol. The van der Waals surface area contributed by atoms with Crippen LogP contribution in [0.3, 0.4) is 0 Å². The van der Waals surface area contributed by atoms with Crippen LogP contribution in [0.1, 0.15) is 26.5 Å². The highest BCUT2D eigenvalue weighted by atomic mass is 15.3. The number of nitrogens with two attached hydrogens (primary N) is 1. The molecule has 0 bridgehead atoms. The van der Waals surface area contributed by atoms with Gasteiger partial charge in [0.1, 0.15) is 0 Å². The minimum Gasteiger partial charge on any atom is -0.397 e. The molecule has 2 aromatic rings. The molecule has 0 saturated carbocycles. The smallest absolute Gasteiger partial charge is 0.0771 e. The van der Waals surface area contributed by atoms with E-state index in [9.17, 15) is 0 Å². The number of nitrogen functional groups attached to an aromatic ring is 1. The molecule has 0 amide bonds. The summed E-state index contributed by atoms with van der Waals surface area (Å²) in [5.74, 6) is 0. The standard InChI is InChI=1S/C13H18N4/c1-13(2,3)12-10(8-17(4)16-12)11-6-5-9(14)7-15-11/h5-8H,14H2,1-4H3. The fourth-order valence-corrected chi connectivity index (χ4v) is 1.79. The fraction of sp³-hybridized carbons (Fsp3) is 0.385. The number of aryl methyl sites for hydroxylation is 1. The largest absolute Gasteiger partial charge is 0.397 e. The number of aromatic nitrogens is 3. The predicted molar refractivity (Wildman–Crippen MR) is 69.6 cm³/mol. The molecule has 0 aliphatic heterocycles. The van der Waals surface area contributed by atoms with Crippen molar-refractivity contribution >= 4 is 5.69 Å². The van der Waals surface area contributed by atoms with Crippen LogP contribution in [0.5, 0.6) is 0 Å². The summed E-state index contributed by atoms with van der Waals surface area (Å²) >= 11 is 0. The Morgan fingerprint density at radius 1 is 1.24 bits per heavy atom. The first kappa shape index (κ1) is 11.6. The lowest BCUT2D eigenvalue weighted by Gasteiger charge is -2.17. The monoisotopic (exact) mass is 230 g/mol. The maximum Gasteiger partial charge on any atom is 0.0771 e. The third-order valence-electron chi connectivity index (χ3n) is 2.60. The number of pyridine rings is 1. The number of nitrogens with zero attached hydrogens (tertiary/aromatic N) is 3. The van der Waals surface area contributed by atoms with Crippen molar-refractivity contribution < 1.29 is 0 Å². The van der Waals surface area contributed by atoms with Crippen LogP contribution in [0.25, 0.3) is 11.3 Å². The molecule has 0 unspecified atom stereocenters. The molecule has 0 aliphatic carbocycles. The zero-order valence-electron chi connectivity index (χ0n) is 10.7. The van der Waals surface area contributed by atoms with E-state index in [-0.39, 0.29) is 5.41 Å². The van der Waals surface area contributed by atoms with Crippen molar-refractivity contribution in [1.29, 1.82) is 0 Å². The van der Waals surface area contributed by atoms with Gasteiger partial charge in [-0.2, -0.15) is 5.10 Å². The van der Waals surface area contributed by atoms with Gasteiger partial charge < -0.3 is 5.73 Å². The molecule has 0 spiro atoms. The minimum atomic E-state index is -0.000338. The van der Waals surface area contributed by atoms with Crippen molar-refractivity contribution in [1.82, 2.24) is 14.8 Å². The molecule has 2 N–H and O–H groups in total. The van der Waals surface area contributed by atoms with Crippen molar-refractivity contribution in [3.63, 3.8) is 0 Å². The fourth-order valence-electron chi connectivity index (χ4n) is 1.79. The van der Waals surface area contributed by atoms with Crippen LogP contribution in [-0.4, -0.2) is 14.8 Å². The van der Waals surface area contributed by atoms with Crippen LogP contribution in [0, 0.1) is 0 Å². The zero-order valence-corrected chi connectivity index (χ0v) is 10.7. The van der Waals surface area contributed by atoms with Gasteiger partial charge in [-0.3, -0.25) is 9.67 Å². The lowest BCUT2D eigenvalue weighted by atomic mass is 9.89. The van der Waals surface area contributed by atoms with Crippen LogP contribution in [0.4, 0.5) is 5.69 Å². The zero-order chi connectivity index (χ0) is 12.6. The van der Waals surface area contributed by atoms with E-state index >= 15 is 0 Å². The molecule has 2 rings (SSSR count). The molecule has 0 aromatic carbocycles. The molecule has 4 heteroatoms. The van der Waals surface area contributed by atoms with Crippen molar-refractivity contribution in [3.05, 3.63) is 30.2 Å². The lowest BCUT2D eigenvalue weighted by Crippen LogP contribution is -2.13. The van der Waals surface area contributed by atoms with Gasteiger partial charge in [0.15, 0.2) is 0 Å². The average molecular weight is 230 g/mol. The minimum absolute atomic E-state index is 0.000338. The highest BCUT2D eigenvalue weighted by Gasteiger charge is 2.23. The normalized spacial score (nSPS) is 11.8. The second kappa shape index (κ2) is 3.87. The Bertz CT molecular complexity index is 517. The molecular formula is C13H18N4. The van der Waals surface area contributed by atoms with Gasteiger partial charge in [-0.25, -0.2) is 0 Å². The molecule has 17 heavy (non-hydrogen) atoms. The number of hydrogen-bond donors (Lipinski definition) is 1. The third-order valence-corrected chi connectivity index (χ3v) is 2.60. The van der Waals surface area contributed by atoms with E-state index in [1.807, 2.05) is 30.1 Å². The summed E-state index contributed by atoms with van der Waals surface area (Å²) in [5, 5.41) is 4.53. The Kier molecular flexibility index (Phi) is 2.65. The second-order valence-corrected chi connectivity index (χ2v) is 5.29. The Labute approximate surface area is 101 Å². The van der Waals surface area contributed by atoms with Crippen LogP contribution in [0.15, 0.2) is 24.5 Å². The first-order valence-electron chi connectivity index (χ1n) is 5.64. The second-order valence-electron chi connectivity index (χ2n) is 5.29. The van der Waals surface area contributed by atoms with Gasteiger partial charge in [0.05, 0.1) is 23.3 Å². The van der Waals surface area contributed by atoms with Crippen molar-refractivity contribution in [2.75, 3.05) is 5.73 Å². The van der Waals surface area contributed by atoms with E-state index in [1.165, 1.54) is 0 Å². The highest BCUT2D eigenvalue weighted by molar-refractivity contribution is 5.63. The van der Waals surface area contributed by atoms with Gasteiger partial charge in [-0.05, 0) is 12.1 Å². The molecule has 0 saturated heterocycles. The van der Waals surface area contributed by atoms with Crippen LogP contribution >= 0.6 is 0 Å². The number of rotatable bonds is 1. The molecule has 2 heterocycles. The van der Waals surface area contributed by atoms with E-state index in [0.717, 1.165) is 17.0 Å². The van der Waals surface area contributed by atoms with Gasteiger partial charge in [-0.15, -0.1) is 0 Å². The first-order valence-corrected chi connectivity index (χ1v) is 5.64. The lowest BCUT2D eigenvalue weighted by molar-refractivity contribution is 0.554. The van der Waals surface area contributed by atoms with Gasteiger partial charge in [0, 0.05) is 24.2 Å².